The Morgan fingerprint density at radius 3 is 2.43 bits per heavy atom. The van der Waals surface area contributed by atoms with Crippen molar-refractivity contribution in [3.63, 3.8) is 0 Å². The Morgan fingerprint density at radius 2 is 1.73 bits per heavy atom. The molecule has 4 nitrogen and oxygen atoms in total. The first-order valence-electron chi connectivity index (χ1n) is 10.2. The number of amides is 1. The molecule has 2 aliphatic rings. The van der Waals surface area contributed by atoms with Crippen LogP contribution in [0.4, 0.5) is 13.2 Å². The van der Waals surface area contributed by atoms with Gasteiger partial charge in [0.15, 0.2) is 6.10 Å². The number of nitrogens with zero attached hydrogens (tertiary/aromatic N) is 2. The van der Waals surface area contributed by atoms with Gasteiger partial charge in [-0.25, -0.2) is 13.2 Å². The normalized spacial score (nSPS) is 18.9. The maximum atomic E-state index is 14.2. The van der Waals surface area contributed by atoms with E-state index in [1.54, 1.807) is 17.0 Å². The topological polar surface area (TPSA) is 41.9 Å². The largest absolute Gasteiger partial charge is 0.390 e. The molecule has 1 amide bonds. The van der Waals surface area contributed by atoms with E-state index in [-0.39, 0.29) is 42.4 Å². The Kier molecular flexibility index (Phi) is 6.06. The first-order chi connectivity index (χ1) is 14.5. The summed E-state index contributed by atoms with van der Waals surface area (Å²) in [6.45, 7) is 0.299. The van der Waals surface area contributed by atoms with E-state index >= 15 is 0 Å². The SMILES string of the molecule is O=C(C1CCCC1)N(Cc1ccc(F)cc1F)CC1CC(c2ccc(F)cc2)=NO1. The molecule has 1 atom stereocenters. The third kappa shape index (κ3) is 4.66. The molecule has 2 aromatic carbocycles. The van der Waals surface area contributed by atoms with Crippen LogP contribution in [0, 0.1) is 23.4 Å². The second-order valence-electron chi connectivity index (χ2n) is 7.91. The van der Waals surface area contributed by atoms with Gasteiger partial charge in [-0.1, -0.05) is 36.2 Å². The van der Waals surface area contributed by atoms with Crippen LogP contribution in [-0.4, -0.2) is 29.2 Å². The van der Waals surface area contributed by atoms with Crippen molar-refractivity contribution in [2.24, 2.45) is 11.1 Å². The standard InChI is InChI=1S/C23H23F3N2O2/c24-18-8-5-15(6-9-18)22-12-20(30-27-22)14-28(23(29)16-3-1-2-4-16)13-17-7-10-19(25)11-21(17)26/h5-11,16,20H,1-4,12-14H2. The van der Waals surface area contributed by atoms with Crippen LogP contribution in [0.2, 0.25) is 0 Å². The molecule has 0 N–H and O–H groups in total. The van der Waals surface area contributed by atoms with Gasteiger partial charge in [0.1, 0.15) is 17.5 Å². The fraction of sp³-hybridized carbons (Fsp3) is 0.391. The summed E-state index contributed by atoms with van der Waals surface area (Å²) in [6.07, 6.45) is 3.75. The molecule has 1 saturated carbocycles. The van der Waals surface area contributed by atoms with Crippen molar-refractivity contribution in [3.05, 3.63) is 71.0 Å². The Balaban J connectivity index is 1.47. The molecule has 1 fully saturated rings. The molecule has 0 spiro atoms. The summed E-state index contributed by atoms with van der Waals surface area (Å²) in [4.78, 5) is 20.2. The summed E-state index contributed by atoms with van der Waals surface area (Å²) in [5.74, 6) is -1.76. The minimum atomic E-state index is -0.671. The van der Waals surface area contributed by atoms with Crippen LogP contribution in [0.1, 0.15) is 43.2 Å². The lowest BCUT2D eigenvalue weighted by molar-refractivity contribution is -0.137. The monoisotopic (exact) mass is 416 g/mol. The van der Waals surface area contributed by atoms with E-state index in [2.05, 4.69) is 5.16 Å². The quantitative estimate of drug-likeness (QED) is 0.678. The van der Waals surface area contributed by atoms with Gasteiger partial charge in [-0.15, -0.1) is 0 Å². The van der Waals surface area contributed by atoms with Gasteiger partial charge in [0.05, 0.1) is 12.3 Å². The highest BCUT2D eigenvalue weighted by Crippen LogP contribution is 2.28. The molecule has 0 saturated heterocycles. The van der Waals surface area contributed by atoms with E-state index < -0.39 is 11.6 Å². The highest BCUT2D eigenvalue weighted by molar-refractivity contribution is 6.01. The maximum Gasteiger partial charge on any atom is 0.226 e. The molecule has 1 aliphatic carbocycles. The number of oxime groups is 1. The third-order valence-corrected chi connectivity index (χ3v) is 5.73. The molecule has 1 heterocycles. The van der Waals surface area contributed by atoms with Gasteiger partial charge in [-0.05, 0) is 36.6 Å². The summed E-state index contributed by atoms with van der Waals surface area (Å²) < 4.78 is 40.6. The minimum Gasteiger partial charge on any atom is -0.390 e. The van der Waals surface area contributed by atoms with E-state index in [1.165, 1.54) is 24.3 Å². The number of benzene rings is 2. The molecule has 1 unspecified atom stereocenters. The highest BCUT2D eigenvalue weighted by atomic mass is 19.1. The molecule has 30 heavy (non-hydrogen) atoms. The van der Waals surface area contributed by atoms with Gasteiger partial charge in [-0.3, -0.25) is 4.79 Å². The van der Waals surface area contributed by atoms with Crippen molar-refractivity contribution in [1.29, 1.82) is 0 Å². The average Bonchev–Trinajstić information content (AvgIpc) is 3.42. The minimum absolute atomic E-state index is 0.0324. The number of halogens is 3. The molecule has 4 rings (SSSR count). The average molecular weight is 416 g/mol. The van der Waals surface area contributed by atoms with Crippen molar-refractivity contribution in [3.8, 4) is 0 Å². The Labute approximate surface area is 173 Å². The van der Waals surface area contributed by atoms with Crippen molar-refractivity contribution < 1.29 is 22.8 Å². The summed E-state index contributed by atoms with van der Waals surface area (Å²) >= 11 is 0. The molecule has 0 radical (unpaired) electrons. The van der Waals surface area contributed by atoms with Crippen molar-refractivity contribution in [1.82, 2.24) is 4.90 Å². The van der Waals surface area contributed by atoms with E-state index in [4.69, 9.17) is 4.84 Å². The van der Waals surface area contributed by atoms with Crippen LogP contribution in [0.3, 0.4) is 0 Å². The maximum absolute atomic E-state index is 14.2. The van der Waals surface area contributed by atoms with Gasteiger partial charge in [0, 0.05) is 30.5 Å². The fourth-order valence-electron chi connectivity index (χ4n) is 4.10. The zero-order valence-electron chi connectivity index (χ0n) is 16.5. The van der Waals surface area contributed by atoms with Crippen LogP contribution < -0.4 is 0 Å². The van der Waals surface area contributed by atoms with Crippen molar-refractivity contribution in [2.45, 2.75) is 44.8 Å². The van der Waals surface area contributed by atoms with Crippen molar-refractivity contribution in [2.75, 3.05) is 6.54 Å². The molecule has 0 bridgehead atoms. The number of hydrogen-bond donors (Lipinski definition) is 0. The van der Waals surface area contributed by atoms with Crippen LogP contribution >= 0.6 is 0 Å². The smallest absolute Gasteiger partial charge is 0.226 e. The molecule has 158 valence electrons. The second-order valence-corrected chi connectivity index (χ2v) is 7.91. The molecular weight excluding hydrogens is 393 g/mol. The van der Waals surface area contributed by atoms with E-state index in [1.807, 2.05) is 0 Å². The van der Waals surface area contributed by atoms with Gasteiger partial charge in [0.2, 0.25) is 5.91 Å². The number of carbonyl (C=O) groups is 1. The van der Waals surface area contributed by atoms with Crippen LogP contribution in [0.5, 0.6) is 0 Å². The van der Waals surface area contributed by atoms with Crippen LogP contribution in [-0.2, 0) is 16.2 Å². The summed E-state index contributed by atoms with van der Waals surface area (Å²) in [5, 5.41) is 4.10. The number of carbonyl (C=O) groups excluding carboxylic acids is 1. The first kappa shape index (κ1) is 20.4. The lowest BCUT2D eigenvalue weighted by Gasteiger charge is -2.27. The molecular formula is C23H23F3N2O2. The Morgan fingerprint density at radius 1 is 1.03 bits per heavy atom. The zero-order valence-corrected chi connectivity index (χ0v) is 16.5. The molecule has 2 aromatic rings. The zero-order chi connectivity index (χ0) is 21.1. The van der Waals surface area contributed by atoms with E-state index in [9.17, 15) is 18.0 Å². The van der Waals surface area contributed by atoms with Gasteiger partial charge in [0.25, 0.3) is 0 Å². The number of rotatable bonds is 6. The van der Waals surface area contributed by atoms with Gasteiger partial charge >= 0.3 is 0 Å². The summed E-state index contributed by atoms with van der Waals surface area (Å²) in [6, 6.07) is 9.38. The predicted octanol–water partition coefficient (Wildman–Crippen LogP) is 4.82. The summed E-state index contributed by atoms with van der Waals surface area (Å²) in [5.41, 5.74) is 1.71. The van der Waals surface area contributed by atoms with E-state index in [0.29, 0.717) is 12.1 Å². The molecule has 0 aromatic heterocycles. The second kappa shape index (κ2) is 8.90. The Bertz CT molecular complexity index is 940. The molecule has 7 heteroatoms. The third-order valence-electron chi connectivity index (χ3n) is 5.73. The number of hydrogen-bond acceptors (Lipinski definition) is 3. The van der Waals surface area contributed by atoms with Gasteiger partial charge in [-0.2, -0.15) is 0 Å². The lowest BCUT2D eigenvalue weighted by Crippen LogP contribution is -2.40. The fourth-order valence-corrected chi connectivity index (χ4v) is 4.10. The van der Waals surface area contributed by atoms with Crippen molar-refractivity contribution >= 4 is 11.6 Å². The van der Waals surface area contributed by atoms with Gasteiger partial charge < -0.3 is 9.74 Å². The highest BCUT2D eigenvalue weighted by Gasteiger charge is 2.32. The van der Waals surface area contributed by atoms with E-state index in [0.717, 1.165) is 37.3 Å². The Hall–Kier alpha value is -2.83. The first-order valence-corrected chi connectivity index (χ1v) is 10.2. The lowest BCUT2D eigenvalue weighted by atomic mass is 10.0. The molecule has 1 aliphatic heterocycles. The van der Waals surface area contributed by atoms with Crippen LogP contribution in [0.15, 0.2) is 47.6 Å². The van der Waals surface area contributed by atoms with Crippen LogP contribution in [0.25, 0.3) is 0 Å². The summed E-state index contributed by atoms with van der Waals surface area (Å²) in [7, 11) is 0. The predicted molar refractivity (Wildman–Crippen MR) is 106 cm³/mol.